The average Bonchev–Trinajstić information content (AvgIpc) is 2.20. The summed E-state index contributed by atoms with van der Waals surface area (Å²) in [5, 5.41) is 0. The molecule has 0 spiro atoms. The third kappa shape index (κ3) is 2.30. The zero-order valence-electron chi connectivity index (χ0n) is 7.20. The first kappa shape index (κ1) is 9.19. The molecule has 0 amide bonds. The van der Waals surface area contributed by atoms with Crippen LogP contribution >= 0.6 is 15.9 Å². The van der Waals surface area contributed by atoms with Gasteiger partial charge in [0.15, 0.2) is 0 Å². The van der Waals surface area contributed by atoms with Crippen LogP contribution in [0.4, 0.5) is 0 Å². The Morgan fingerprint density at radius 3 is 2.62 bits per heavy atom. The van der Waals surface area contributed by atoms with Crippen LogP contribution in [0.15, 0.2) is 28.7 Å². The highest BCUT2D eigenvalue weighted by Gasteiger charge is 2.15. The molecule has 0 saturated carbocycles. The number of hydrogen-bond acceptors (Lipinski definition) is 2. The van der Waals surface area contributed by atoms with Crippen LogP contribution in [0, 0.1) is 0 Å². The Kier molecular flexibility index (Phi) is 2.98. The van der Waals surface area contributed by atoms with Crippen LogP contribution in [0.3, 0.4) is 0 Å². The Morgan fingerprint density at radius 1 is 1.23 bits per heavy atom. The summed E-state index contributed by atoms with van der Waals surface area (Å²) >= 11 is 3.40. The van der Waals surface area contributed by atoms with Crippen LogP contribution in [0.25, 0.3) is 0 Å². The maximum absolute atomic E-state index is 5.47. The Balaban J connectivity index is 2.10. The van der Waals surface area contributed by atoms with Gasteiger partial charge in [0.1, 0.15) is 6.79 Å². The molecule has 3 heteroatoms. The lowest BCUT2D eigenvalue weighted by atomic mass is 10.1. The molecule has 0 radical (unpaired) electrons. The van der Waals surface area contributed by atoms with Crippen molar-refractivity contribution >= 4 is 15.9 Å². The molecule has 1 saturated heterocycles. The van der Waals surface area contributed by atoms with Crippen molar-refractivity contribution in [3.8, 4) is 0 Å². The van der Waals surface area contributed by atoms with Gasteiger partial charge in [0.2, 0.25) is 0 Å². The molecule has 1 aromatic rings. The first-order chi connectivity index (χ1) is 6.36. The van der Waals surface area contributed by atoms with Gasteiger partial charge in [-0.1, -0.05) is 28.1 Å². The summed E-state index contributed by atoms with van der Waals surface area (Å²) in [7, 11) is 0. The van der Waals surface area contributed by atoms with Crippen LogP contribution in [-0.2, 0) is 9.47 Å². The molecule has 1 aliphatic heterocycles. The van der Waals surface area contributed by atoms with Crippen molar-refractivity contribution in [2.24, 2.45) is 0 Å². The quantitative estimate of drug-likeness (QED) is 0.755. The second-order valence-electron chi connectivity index (χ2n) is 3.02. The zero-order valence-corrected chi connectivity index (χ0v) is 8.79. The molecule has 1 aliphatic rings. The topological polar surface area (TPSA) is 18.5 Å². The first-order valence-electron chi connectivity index (χ1n) is 4.31. The minimum Gasteiger partial charge on any atom is -0.355 e. The molecule has 1 atom stereocenters. The maximum atomic E-state index is 5.47. The van der Waals surface area contributed by atoms with Crippen molar-refractivity contribution in [1.82, 2.24) is 0 Å². The van der Waals surface area contributed by atoms with E-state index in [0.717, 1.165) is 17.5 Å². The molecule has 0 aromatic heterocycles. The standard InChI is InChI=1S/C10H11BrO2/c11-9-3-1-8(2-4-9)10-5-6-12-7-13-10/h1-4,10H,5-7H2. The second-order valence-corrected chi connectivity index (χ2v) is 3.94. The van der Waals surface area contributed by atoms with Gasteiger partial charge < -0.3 is 9.47 Å². The van der Waals surface area contributed by atoms with Crippen molar-refractivity contribution < 1.29 is 9.47 Å². The van der Waals surface area contributed by atoms with E-state index in [1.165, 1.54) is 5.56 Å². The molecular weight excluding hydrogens is 232 g/mol. The fourth-order valence-electron chi connectivity index (χ4n) is 1.40. The van der Waals surface area contributed by atoms with Crippen LogP contribution in [0.2, 0.25) is 0 Å². The van der Waals surface area contributed by atoms with Gasteiger partial charge in [-0.25, -0.2) is 0 Å². The third-order valence-electron chi connectivity index (χ3n) is 2.12. The minimum absolute atomic E-state index is 0.210. The van der Waals surface area contributed by atoms with Crippen LogP contribution in [0.5, 0.6) is 0 Å². The molecule has 2 nitrogen and oxygen atoms in total. The normalized spacial score (nSPS) is 23.0. The maximum Gasteiger partial charge on any atom is 0.147 e. The molecule has 2 rings (SSSR count). The number of rotatable bonds is 1. The number of hydrogen-bond donors (Lipinski definition) is 0. The van der Waals surface area contributed by atoms with Crippen molar-refractivity contribution in [3.63, 3.8) is 0 Å². The van der Waals surface area contributed by atoms with Crippen LogP contribution in [0.1, 0.15) is 18.1 Å². The van der Waals surface area contributed by atoms with Gasteiger partial charge in [-0.2, -0.15) is 0 Å². The monoisotopic (exact) mass is 242 g/mol. The van der Waals surface area contributed by atoms with Gasteiger partial charge in [-0.15, -0.1) is 0 Å². The predicted octanol–water partition coefficient (Wildman–Crippen LogP) is 2.88. The summed E-state index contributed by atoms with van der Waals surface area (Å²) in [6.07, 6.45) is 1.16. The highest BCUT2D eigenvalue weighted by atomic mass is 79.9. The molecular formula is C10H11BrO2. The van der Waals surface area contributed by atoms with Crippen molar-refractivity contribution in [1.29, 1.82) is 0 Å². The van der Waals surface area contributed by atoms with E-state index in [2.05, 4.69) is 28.1 Å². The molecule has 0 N–H and O–H groups in total. The van der Waals surface area contributed by atoms with E-state index in [1.807, 2.05) is 12.1 Å². The molecule has 1 unspecified atom stereocenters. The summed E-state index contributed by atoms with van der Waals surface area (Å²) in [5.74, 6) is 0. The van der Waals surface area contributed by atoms with Gasteiger partial charge in [0.25, 0.3) is 0 Å². The smallest absolute Gasteiger partial charge is 0.147 e. The minimum atomic E-state index is 0.210. The Hall–Kier alpha value is -0.380. The van der Waals surface area contributed by atoms with E-state index in [-0.39, 0.29) is 6.10 Å². The predicted molar refractivity (Wildman–Crippen MR) is 53.4 cm³/mol. The van der Waals surface area contributed by atoms with E-state index < -0.39 is 0 Å². The molecule has 1 heterocycles. The zero-order chi connectivity index (χ0) is 9.10. The van der Waals surface area contributed by atoms with Crippen molar-refractivity contribution in [2.45, 2.75) is 12.5 Å². The largest absolute Gasteiger partial charge is 0.355 e. The van der Waals surface area contributed by atoms with E-state index >= 15 is 0 Å². The summed E-state index contributed by atoms with van der Waals surface area (Å²) in [5.41, 5.74) is 1.23. The first-order valence-corrected chi connectivity index (χ1v) is 5.10. The van der Waals surface area contributed by atoms with Gasteiger partial charge in [0.05, 0.1) is 12.7 Å². The van der Waals surface area contributed by atoms with Gasteiger partial charge in [-0.05, 0) is 17.7 Å². The lowest BCUT2D eigenvalue weighted by Crippen LogP contribution is -2.16. The van der Waals surface area contributed by atoms with E-state index in [4.69, 9.17) is 9.47 Å². The number of ether oxygens (including phenoxy) is 2. The van der Waals surface area contributed by atoms with Crippen molar-refractivity contribution in [3.05, 3.63) is 34.3 Å². The molecule has 13 heavy (non-hydrogen) atoms. The number of halogens is 1. The molecule has 0 bridgehead atoms. The Labute approximate surface area is 86.0 Å². The lowest BCUT2D eigenvalue weighted by Gasteiger charge is -2.22. The van der Waals surface area contributed by atoms with E-state index in [9.17, 15) is 0 Å². The van der Waals surface area contributed by atoms with Crippen LogP contribution in [-0.4, -0.2) is 13.4 Å². The molecule has 70 valence electrons. The summed E-state index contributed by atoms with van der Waals surface area (Å²) in [6, 6.07) is 8.24. The molecule has 1 fully saturated rings. The van der Waals surface area contributed by atoms with Gasteiger partial charge in [-0.3, -0.25) is 0 Å². The highest BCUT2D eigenvalue weighted by Crippen LogP contribution is 2.25. The van der Waals surface area contributed by atoms with Gasteiger partial charge >= 0.3 is 0 Å². The Morgan fingerprint density at radius 2 is 2.00 bits per heavy atom. The molecule has 1 aromatic carbocycles. The summed E-state index contributed by atoms with van der Waals surface area (Å²) in [6.45, 7) is 1.21. The number of benzene rings is 1. The third-order valence-corrected chi connectivity index (χ3v) is 2.65. The van der Waals surface area contributed by atoms with Gasteiger partial charge in [0, 0.05) is 10.9 Å². The Bertz CT molecular complexity index is 265. The fraction of sp³-hybridized carbons (Fsp3) is 0.400. The summed E-state index contributed by atoms with van der Waals surface area (Å²) in [4.78, 5) is 0. The average molecular weight is 243 g/mol. The summed E-state index contributed by atoms with van der Waals surface area (Å²) < 4.78 is 11.7. The molecule has 0 aliphatic carbocycles. The lowest BCUT2D eigenvalue weighted by molar-refractivity contribution is -0.140. The SMILES string of the molecule is Brc1ccc(C2CCOCO2)cc1. The van der Waals surface area contributed by atoms with Crippen molar-refractivity contribution in [2.75, 3.05) is 13.4 Å². The highest BCUT2D eigenvalue weighted by molar-refractivity contribution is 9.10. The van der Waals surface area contributed by atoms with E-state index in [1.54, 1.807) is 0 Å². The second kappa shape index (κ2) is 4.22. The van der Waals surface area contributed by atoms with Crippen LogP contribution < -0.4 is 0 Å². The van der Waals surface area contributed by atoms with E-state index in [0.29, 0.717) is 6.79 Å². The fourth-order valence-corrected chi connectivity index (χ4v) is 1.67.